The van der Waals surface area contributed by atoms with E-state index in [0.29, 0.717) is 0 Å². The van der Waals surface area contributed by atoms with Crippen molar-refractivity contribution in [3.63, 3.8) is 0 Å². The third-order valence-corrected chi connectivity index (χ3v) is 5.20. The minimum Gasteiger partial charge on any atom is -0.481 e. The van der Waals surface area contributed by atoms with E-state index in [1.54, 1.807) is 55.4 Å². The maximum Gasteiger partial charge on any atom is 0.304 e. The van der Waals surface area contributed by atoms with Gasteiger partial charge in [-0.15, -0.1) is 0 Å². The summed E-state index contributed by atoms with van der Waals surface area (Å²) in [6.07, 6.45) is -0.923. The molecule has 6 nitrogen and oxygen atoms in total. The van der Waals surface area contributed by atoms with Crippen LogP contribution in [0.2, 0.25) is 0 Å². The Bertz CT molecular complexity index is 575. The molecule has 0 saturated heterocycles. The maximum atomic E-state index is 13.0. The molecule has 0 amide bonds. The van der Waals surface area contributed by atoms with Crippen molar-refractivity contribution in [2.45, 2.75) is 99.9 Å². The van der Waals surface area contributed by atoms with Gasteiger partial charge in [0.1, 0.15) is 11.9 Å². The highest BCUT2D eigenvalue weighted by atomic mass is 16.5. The number of ketones is 2. The van der Waals surface area contributed by atoms with Gasteiger partial charge >= 0.3 is 5.97 Å². The molecule has 0 radical (unpaired) electrons. The molecule has 0 aliphatic heterocycles. The number of carbonyl (C=O) groups is 3. The number of rotatable bonds is 10. The summed E-state index contributed by atoms with van der Waals surface area (Å²) in [6.45, 7) is 19.8. The van der Waals surface area contributed by atoms with Crippen LogP contribution in [-0.2, 0) is 23.9 Å². The second-order valence-corrected chi connectivity index (χ2v) is 10.6. The summed E-state index contributed by atoms with van der Waals surface area (Å²) in [5, 5.41) is 9.18. The Hall–Kier alpha value is -1.27. The molecule has 0 bridgehead atoms. The maximum absolute atomic E-state index is 13.0. The lowest BCUT2D eigenvalue weighted by atomic mass is 9.72. The van der Waals surface area contributed by atoms with Crippen molar-refractivity contribution in [3.8, 4) is 0 Å². The molecule has 0 aliphatic rings. The average molecular weight is 401 g/mol. The van der Waals surface area contributed by atoms with E-state index in [4.69, 9.17) is 9.47 Å². The zero-order valence-electron chi connectivity index (χ0n) is 19.6. The van der Waals surface area contributed by atoms with Crippen LogP contribution in [0.15, 0.2) is 0 Å². The standard InChI is InChI=1S/C22H40O6/c1-14(28-20(5,6)7)17(25)21(8,9)22(10,11)27-13-15(12-16(23)24)18(26)19(2,3)4/h14-15H,12-13H2,1-11H3,(H,23,24). The van der Waals surface area contributed by atoms with Crippen LogP contribution in [-0.4, -0.2) is 46.6 Å². The molecule has 0 saturated carbocycles. The molecule has 0 rings (SSSR count). The van der Waals surface area contributed by atoms with E-state index < -0.39 is 40.0 Å². The lowest BCUT2D eigenvalue weighted by molar-refractivity contribution is -0.170. The minimum absolute atomic E-state index is 0.0549. The number of carbonyl (C=O) groups excluding carboxylic acids is 2. The fourth-order valence-electron chi connectivity index (χ4n) is 2.93. The molecular formula is C22H40O6. The summed E-state index contributed by atoms with van der Waals surface area (Å²) in [6, 6.07) is 0. The number of ether oxygens (including phenoxy) is 2. The Balaban J connectivity index is 5.42. The van der Waals surface area contributed by atoms with Crippen molar-refractivity contribution in [1.29, 1.82) is 0 Å². The van der Waals surface area contributed by atoms with E-state index in [2.05, 4.69) is 0 Å². The van der Waals surface area contributed by atoms with Gasteiger partial charge in [-0.3, -0.25) is 14.4 Å². The fourth-order valence-corrected chi connectivity index (χ4v) is 2.93. The highest BCUT2D eigenvalue weighted by Crippen LogP contribution is 2.37. The summed E-state index contributed by atoms with van der Waals surface area (Å²) in [5.74, 6) is -2.10. The number of aliphatic carboxylic acids is 1. The van der Waals surface area contributed by atoms with Crippen LogP contribution in [0.3, 0.4) is 0 Å². The smallest absolute Gasteiger partial charge is 0.304 e. The van der Waals surface area contributed by atoms with Crippen molar-refractivity contribution in [2.24, 2.45) is 16.7 Å². The van der Waals surface area contributed by atoms with E-state index in [1.807, 2.05) is 20.8 Å². The third-order valence-electron chi connectivity index (χ3n) is 5.20. The molecule has 0 aromatic carbocycles. The first-order chi connectivity index (χ1) is 12.2. The van der Waals surface area contributed by atoms with Gasteiger partial charge in [-0.05, 0) is 41.5 Å². The van der Waals surface area contributed by atoms with Crippen molar-refractivity contribution in [3.05, 3.63) is 0 Å². The van der Waals surface area contributed by atoms with Gasteiger partial charge in [0.25, 0.3) is 0 Å². The first-order valence-corrected chi connectivity index (χ1v) is 9.84. The molecule has 0 aromatic heterocycles. The van der Waals surface area contributed by atoms with Gasteiger partial charge in [-0.25, -0.2) is 0 Å². The Morgan fingerprint density at radius 3 is 1.68 bits per heavy atom. The Morgan fingerprint density at radius 1 is 0.857 bits per heavy atom. The van der Waals surface area contributed by atoms with Gasteiger partial charge in [0, 0.05) is 5.41 Å². The predicted molar refractivity (Wildman–Crippen MR) is 109 cm³/mol. The van der Waals surface area contributed by atoms with Crippen molar-refractivity contribution in [2.75, 3.05) is 6.61 Å². The van der Waals surface area contributed by atoms with E-state index in [1.165, 1.54) is 0 Å². The Morgan fingerprint density at radius 2 is 1.32 bits per heavy atom. The molecule has 0 fully saturated rings. The summed E-state index contributed by atoms with van der Waals surface area (Å²) >= 11 is 0. The Labute approximate surface area is 170 Å². The minimum atomic E-state index is -1.05. The first-order valence-electron chi connectivity index (χ1n) is 9.84. The lowest BCUT2D eigenvalue weighted by Crippen LogP contribution is -2.52. The second-order valence-electron chi connectivity index (χ2n) is 10.6. The van der Waals surface area contributed by atoms with Crippen LogP contribution in [0, 0.1) is 16.7 Å². The highest BCUT2D eigenvalue weighted by molar-refractivity contribution is 5.89. The van der Waals surface area contributed by atoms with Gasteiger partial charge in [-0.1, -0.05) is 34.6 Å². The molecule has 2 atom stereocenters. The van der Waals surface area contributed by atoms with Crippen LogP contribution in [0.1, 0.15) is 82.6 Å². The molecule has 0 aliphatic carbocycles. The molecule has 164 valence electrons. The zero-order valence-corrected chi connectivity index (χ0v) is 19.6. The number of hydrogen-bond donors (Lipinski definition) is 1. The number of hydrogen-bond acceptors (Lipinski definition) is 5. The topological polar surface area (TPSA) is 89.9 Å². The van der Waals surface area contributed by atoms with Gasteiger partial charge in [0.05, 0.1) is 35.6 Å². The fraction of sp³-hybridized carbons (Fsp3) is 0.864. The third kappa shape index (κ3) is 7.63. The van der Waals surface area contributed by atoms with Crippen LogP contribution in [0.25, 0.3) is 0 Å². The highest BCUT2D eigenvalue weighted by Gasteiger charge is 2.47. The summed E-state index contributed by atoms with van der Waals surface area (Å²) < 4.78 is 11.8. The number of carboxylic acid groups (broad SMARTS) is 1. The van der Waals surface area contributed by atoms with Gasteiger partial charge in [0.2, 0.25) is 0 Å². The largest absolute Gasteiger partial charge is 0.481 e. The van der Waals surface area contributed by atoms with E-state index in [9.17, 15) is 19.5 Å². The molecule has 0 heterocycles. The quantitative estimate of drug-likeness (QED) is 0.588. The van der Waals surface area contributed by atoms with Crippen molar-refractivity contribution < 1.29 is 29.0 Å². The van der Waals surface area contributed by atoms with Gasteiger partial charge in [0.15, 0.2) is 5.78 Å². The summed E-state index contributed by atoms with van der Waals surface area (Å²) in [7, 11) is 0. The summed E-state index contributed by atoms with van der Waals surface area (Å²) in [4.78, 5) is 36.9. The number of Topliss-reactive ketones (excluding diaryl/α,β-unsaturated/α-hetero) is 2. The van der Waals surface area contributed by atoms with Gasteiger partial charge < -0.3 is 14.6 Å². The Kier molecular flexibility index (Phi) is 8.63. The van der Waals surface area contributed by atoms with E-state index in [0.717, 1.165) is 0 Å². The molecule has 2 unspecified atom stereocenters. The van der Waals surface area contributed by atoms with Crippen LogP contribution in [0.5, 0.6) is 0 Å². The number of carboxylic acids is 1. The van der Waals surface area contributed by atoms with E-state index >= 15 is 0 Å². The lowest BCUT2D eigenvalue weighted by Gasteiger charge is -2.42. The first kappa shape index (κ1) is 26.7. The normalized spacial score (nSPS) is 15.8. The van der Waals surface area contributed by atoms with Crippen LogP contribution >= 0.6 is 0 Å². The monoisotopic (exact) mass is 400 g/mol. The zero-order chi connectivity index (χ0) is 22.7. The van der Waals surface area contributed by atoms with Gasteiger partial charge in [-0.2, -0.15) is 0 Å². The molecular weight excluding hydrogens is 360 g/mol. The van der Waals surface area contributed by atoms with Crippen molar-refractivity contribution in [1.82, 2.24) is 0 Å². The molecule has 0 aromatic rings. The average Bonchev–Trinajstić information content (AvgIpc) is 2.46. The van der Waals surface area contributed by atoms with Crippen LogP contribution in [0.4, 0.5) is 0 Å². The SMILES string of the molecule is CC(OC(C)(C)C)C(=O)C(C)(C)C(C)(C)OCC(CC(=O)O)C(=O)C(C)(C)C. The summed E-state index contributed by atoms with van der Waals surface area (Å²) in [5.41, 5.74) is -2.96. The van der Waals surface area contributed by atoms with E-state index in [-0.39, 0.29) is 24.6 Å². The predicted octanol–water partition coefficient (Wildman–Crippen LogP) is 4.29. The van der Waals surface area contributed by atoms with Crippen LogP contribution < -0.4 is 0 Å². The molecule has 0 spiro atoms. The molecule has 28 heavy (non-hydrogen) atoms. The van der Waals surface area contributed by atoms with Crippen molar-refractivity contribution >= 4 is 17.5 Å². The molecule has 6 heteroatoms. The second kappa shape index (κ2) is 9.04. The molecule has 1 N–H and O–H groups in total.